The molecule has 3 rings (SSSR count). The van der Waals surface area contributed by atoms with Crippen LogP contribution in [0.25, 0.3) is 5.57 Å². The molecule has 1 aliphatic heterocycles. The SMILES string of the molecule is CCCCN1C(=O)C(c2ccc(OCC(C)C)cc2)=C(N(CC)c2ccccc2)C1=O. The Morgan fingerprint density at radius 1 is 0.935 bits per heavy atom. The third-order valence-corrected chi connectivity index (χ3v) is 5.26. The number of carbonyl (C=O) groups excluding carboxylic acids is 2. The maximum Gasteiger partial charge on any atom is 0.278 e. The lowest BCUT2D eigenvalue weighted by Crippen LogP contribution is -2.36. The van der Waals surface area contributed by atoms with Crippen LogP contribution in [0.2, 0.25) is 0 Å². The lowest BCUT2D eigenvalue weighted by molar-refractivity contribution is -0.136. The van der Waals surface area contributed by atoms with Gasteiger partial charge in [-0.15, -0.1) is 0 Å². The van der Waals surface area contributed by atoms with E-state index in [9.17, 15) is 9.59 Å². The first-order valence-electron chi connectivity index (χ1n) is 11.1. The first-order valence-corrected chi connectivity index (χ1v) is 11.1. The van der Waals surface area contributed by atoms with Crippen molar-refractivity contribution in [2.45, 2.75) is 40.5 Å². The molecular weight excluding hydrogens is 388 g/mol. The van der Waals surface area contributed by atoms with Crippen molar-refractivity contribution in [3.05, 3.63) is 65.9 Å². The second kappa shape index (κ2) is 10.3. The minimum atomic E-state index is -0.223. The molecule has 0 aromatic heterocycles. The molecule has 0 aliphatic carbocycles. The van der Waals surface area contributed by atoms with E-state index in [0.29, 0.717) is 36.9 Å². The molecule has 0 saturated carbocycles. The van der Waals surface area contributed by atoms with E-state index in [4.69, 9.17) is 4.74 Å². The minimum absolute atomic E-state index is 0.223. The molecule has 2 aromatic rings. The highest BCUT2D eigenvalue weighted by molar-refractivity contribution is 6.36. The fraction of sp³-hybridized carbons (Fsp3) is 0.385. The molecule has 0 unspecified atom stereocenters. The van der Waals surface area contributed by atoms with E-state index in [1.54, 1.807) is 0 Å². The summed E-state index contributed by atoms with van der Waals surface area (Å²) in [5.74, 6) is 0.742. The van der Waals surface area contributed by atoms with E-state index in [0.717, 1.165) is 29.8 Å². The van der Waals surface area contributed by atoms with Gasteiger partial charge in [-0.25, -0.2) is 0 Å². The standard InChI is InChI=1S/C26H32N2O3/c1-5-7-17-28-25(29)23(20-13-15-22(16-14-20)31-18-19(3)4)24(26(28)30)27(6-2)21-11-9-8-10-12-21/h8-16,19H,5-7,17-18H2,1-4H3. The van der Waals surface area contributed by atoms with Gasteiger partial charge in [0.05, 0.1) is 12.2 Å². The number of benzene rings is 2. The Labute approximate surface area is 185 Å². The quantitative estimate of drug-likeness (QED) is 0.500. The van der Waals surface area contributed by atoms with Crippen molar-refractivity contribution in [2.24, 2.45) is 5.92 Å². The van der Waals surface area contributed by atoms with E-state index in [1.807, 2.05) is 66.4 Å². The third-order valence-electron chi connectivity index (χ3n) is 5.26. The molecule has 0 atom stereocenters. The van der Waals surface area contributed by atoms with Crippen LogP contribution in [0.15, 0.2) is 60.3 Å². The lowest BCUT2D eigenvalue weighted by Gasteiger charge is -2.25. The summed E-state index contributed by atoms with van der Waals surface area (Å²) >= 11 is 0. The summed E-state index contributed by atoms with van der Waals surface area (Å²) in [6, 6.07) is 17.2. The smallest absolute Gasteiger partial charge is 0.278 e. The van der Waals surface area contributed by atoms with Gasteiger partial charge in [-0.2, -0.15) is 0 Å². The molecule has 0 N–H and O–H groups in total. The van der Waals surface area contributed by atoms with Gasteiger partial charge in [-0.05, 0) is 49.1 Å². The zero-order valence-electron chi connectivity index (χ0n) is 18.9. The average molecular weight is 421 g/mol. The highest BCUT2D eigenvalue weighted by Crippen LogP contribution is 2.35. The van der Waals surface area contributed by atoms with Crippen molar-refractivity contribution in [2.75, 3.05) is 24.6 Å². The second-order valence-corrected chi connectivity index (χ2v) is 8.15. The molecule has 2 aromatic carbocycles. The van der Waals surface area contributed by atoms with Crippen LogP contribution in [0.4, 0.5) is 5.69 Å². The van der Waals surface area contributed by atoms with Gasteiger partial charge < -0.3 is 9.64 Å². The van der Waals surface area contributed by atoms with E-state index in [2.05, 4.69) is 20.8 Å². The van der Waals surface area contributed by atoms with Crippen LogP contribution >= 0.6 is 0 Å². The van der Waals surface area contributed by atoms with Crippen LogP contribution in [0.3, 0.4) is 0 Å². The zero-order valence-corrected chi connectivity index (χ0v) is 18.9. The minimum Gasteiger partial charge on any atom is -0.493 e. The Bertz CT molecular complexity index is 933. The number of likely N-dealkylation sites (N-methyl/N-ethyl adjacent to an activating group) is 1. The summed E-state index contributed by atoms with van der Waals surface area (Å²) in [7, 11) is 0. The first-order chi connectivity index (χ1) is 15.0. The van der Waals surface area contributed by atoms with Gasteiger partial charge in [-0.3, -0.25) is 14.5 Å². The highest BCUT2D eigenvalue weighted by atomic mass is 16.5. The fourth-order valence-electron chi connectivity index (χ4n) is 3.65. The first kappa shape index (κ1) is 22.6. The molecule has 1 heterocycles. The third kappa shape index (κ3) is 4.98. The van der Waals surface area contributed by atoms with Crippen LogP contribution < -0.4 is 9.64 Å². The van der Waals surface area contributed by atoms with Crippen LogP contribution in [-0.2, 0) is 9.59 Å². The van der Waals surface area contributed by atoms with Crippen molar-refractivity contribution >= 4 is 23.1 Å². The molecule has 2 amide bonds. The summed E-state index contributed by atoms with van der Waals surface area (Å²) in [5.41, 5.74) is 2.54. The van der Waals surface area contributed by atoms with Gasteiger partial charge in [0.1, 0.15) is 11.4 Å². The average Bonchev–Trinajstić information content (AvgIpc) is 3.02. The van der Waals surface area contributed by atoms with Crippen LogP contribution in [-0.4, -0.2) is 36.4 Å². The van der Waals surface area contributed by atoms with Crippen molar-refractivity contribution in [3.8, 4) is 5.75 Å². The summed E-state index contributed by atoms with van der Waals surface area (Å²) < 4.78 is 5.78. The molecule has 0 radical (unpaired) electrons. The summed E-state index contributed by atoms with van der Waals surface area (Å²) in [5, 5.41) is 0. The van der Waals surface area contributed by atoms with Gasteiger partial charge >= 0.3 is 0 Å². The van der Waals surface area contributed by atoms with Crippen LogP contribution in [0.1, 0.15) is 46.1 Å². The Morgan fingerprint density at radius 2 is 1.61 bits per heavy atom. The highest BCUT2D eigenvalue weighted by Gasteiger charge is 2.41. The number of nitrogens with zero attached hydrogens (tertiary/aromatic N) is 2. The van der Waals surface area contributed by atoms with Crippen molar-refractivity contribution < 1.29 is 14.3 Å². The van der Waals surface area contributed by atoms with E-state index in [1.165, 1.54) is 4.90 Å². The molecule has 5 heteroatoms. The summed E-state index contributed by atoms with van der Waals surface area (Å²) in [6.07, 6.45) is 1.71. The number of unbranched alkanes of at least 4 members (excludes halogenated alkanes) is 1. The zero-order chi connectivity index (χ0) is 22.4. The van der Waals surface area contributed by atoms with E-state index in [-0.39, 0.29) is 11.8 Å². The van der Waals surface area contributed by atoms with Crippen LogP contribution in [0, 0.1) is 5.92 Å². The monoisotopic (exact) mass is 420 g/mol. The molecule has 0 fully saturated rings. The predicted molar refractivity (Wildman–Crippen MR) is 125 cm³/mol. The second-order valence-electron chi connectivity index (χ2n) is 8.15. The number of carbonyl (C=O) groups is 2. The number of ether oxygens (including phenoxy) is 1. The van der Waals surface area contributed by atoms with Gasteiger partial charge in [0, 0.05) is 18.8 Å². The predicted octanol–water partition coefficient (Wildman–Crippen LogP) is 5.13. The van der Waals surface area contributed by atoms with Gasteiger partial charge in [0.2, 0.25) is 0 Å². The van der Waals surface area contributed by atoms with Gasteiger partial charge in [0.25, 0.3) is 11.8 Å². The molecule has 0 spiro atoms. The number of imide groups is 1. The maximum absolute atomic E-state index is 13.4. The molecule has 0 saturated heterocycles. The molecule has 5 nitrogen and oxygen atoms in total. The van der Waals surface area contributed by atoms with E-state index >= 15 is 0 Å². The molecule has 1 aliphatic rings. The Kier molecular flexibility index (Phi) is 7.50. The van der Waals surface area contributed by atoms with Gasteiger partial charge in [-0.1, -0.05) is 57.5 Å². The van der Waals surface area contributed by atoms with Crippen LogP contribution in [0.5, 0.6) is 5.75 Å². The molecule has 0 bridgehead atoms. The van der Waals surface area contributed by atoms with Crippen molar-refractivity contribution in [3.63, 3.8) is 0 Å². The fourth-order valence-corrected chi connectivity index (χ4v) is 3.65. The van der Waals surface area contributed by atoms with Crippen molar-refractivity contribution in [1.82, 2.24) is 4.90 Å². The summed E-state index contributed by atoms with van der Waals surface area (Å²) in [4.78, 5) is 30.1. The molecule has 31 heavy (non-hydrogen) atoms. The Morgan fingerprint density at radius 3 is 2.19 bits per heavy atom. The number of anilines is 1. The van der Waals surface area contributed by atoms with Crippen molar-refractivity contribution in [1.29, 1.82) is 0 Å². The number of para-hydroxylation sites is 1. The number of rotatable bonds is 10. The summed E-state index contributed by atoms with van der Waals surface area (Å²) in [6.45, 7) is 9.89. The van der Waals surface area contributed by atoms with Gasteiger partial charge in [0.15, 0.2) is 0 Å². The Hall–Kier alpha value is -3.08. The Balaban J connectivity index is 2.04. The normalized spacial score (nSPS) is 14.0. The number of amides is 2. The largest absolute Gasteiger partial charge is 0.493 e. The molecule has 164 valence electrons. The lowest BCUT2D eigenvalue weighted by atomic mass is 10.0. The maximum atomic E-state index is 13.4. The van der Waals surface area contributed by atoms with E-state index < -0.39 is 0 Å². The number of hydrogen-bond donors (Lipinski definition) is 0. The number of hydrogen-bond acceptors (Lipinski definition) is 4. The molecular formula is C26H32N2O3. The topological polar surface area (TPSA) is 49.9 Å².